The SMILES string of the molecule is CCOc1cc(C2Nc3ccccc3NC3=C2C(=O)CC(c2ccccc2Cl)C3)cc(Cl)c1O. The molecule has 5 nitrogen and oxygen atoms in total. The predicted octanol–water partition coefficient (Wildman–Crippen LogP) is 7.08. The summed E-state index contributed by atoms with van der Waals surface area (Å²) in [4.78, 5) is 13.7. The molecule has 3 aromatic rings. The van der Waals surface area contributed by atoms with Crippen LogP contribution in [0.15, 0.2) is 71.9 Å². The topological polar surface area (TPSA) is 70.6 Å². The number of carbonyl (C=O) groups excluding carboxylic acids is 1. The number of aromatic hydroxyl groups is 1. The monoisotopic (exact) mass is 494 g/mol. The van der Waals surface area contributed by atoms with Crippen molar-refractivity contribution in [2.24, 2.45) is 0 Å². The molecule has 1 heterocycles. The summed E-state index contributed by atoms with van der Waals surface area (Å²) in [6.45, 7) is 2.21. The molecule has 7 heteroatoms. The maximum Gasteiger partial charge on any atom is 0.176 e. The highest BCUT2D eigenvalue weighted by atomic mass is 35.5. The standard InChI is InChI=1S/C27H24Cl2N2O3/c1-2-34-24-14-16(11-19(29)27(24)33)26-25-22(30-20-9-5-6-10-21(20)31-26)12-15(13-23(25)32)17-7-3-4-8-18(17)28/h3-11,14-15,26,30-31,33H,2,12-13H2,1H3. The van der Waals surface area contributed by atoms with Gasteiger partial charge in [0.15, 0.2) is 17.3 Å². The van der Waals surface area contributed by atoms with Gasteiger partial charge in [-0.15, -0.1) is 0 Å². The van der Waals surface area contributed by atoms with Crippen LogP contribution in [0.4, 0.5) is 11.4 Å². The molecule has 0 saturated heterocycles. The zero-order valence-corrected chi connectivity index (χ0v) is 20.1. The third-order valence-electron chi connectivity index (χ3n) is 6.34. The third-order valence-corrected chi connectivity index (χ3v) is 6.97. The van der Waals surface area contributed by atoms with E-state index in [-0.39, 0.29) is 28.2 Å². The van der Waals surface area contributed by atoms with Crippen LogP contribution in [0.25, 0.3) is 0 Å². The van der Waals surface area contributed by atoms with Gasteiger partial charge in [0.25, 0.3) is 0 Å². The zero-order chi connectivity index (χ0) is 23.8. The summed E-state index contributed by atoms with van der Waals surface area (Å²) in [6, 6.07) is 18.5. The number of para-hydroxylation sites is 2. The average Bonchev–Trinajstić information content (AvgIpc) is 2.99. The molecule has 0 fully saturated rings. The number of phenols is 1. The summed E-state index contributed by atoms with van der Waals surface area (Å²) in [5, 5.41) is 18.2. The molecule has 2 unspecified atom stereocenters. The van der Waals surface area contributed by atoms with Crippen LogP contribution in [0.2, 0.25) is 10.0 Å². The molecule has 0 bridgehead atoms. The number of phenolic OH excluding ortho intramolecular Hbond substituents is 1. The van der Waals surface area contributed by atoms with E-state index in [1.165, 1.54) is 0 Å². The minimum absolute atomic E-state index is 0.0271. The van der Waals surface area contributed by atoms with Gasteiger partial charge in [-0.3, -0.25) is 4.79 Å². The van der Waals surface area contributed by atoms with Gasteiger partial charge in [-0.1, -0.05) is 53.5 Å². The van der Waals surface area contributed by atoms with Gasteiger partial charge in [0.05, 0.1) is 29.0 Å². The second kappa shape index (κ2) is 9.24. The van der Waals surface area contributed by atoms with Crippen LogP contribution in [0.3, 0.4) is 0 Å². The molecule has 2 aliphatic rings. The highest BCUT2D eigenvalue weighted by molar-refractivity contribution is 6.32. The van der Waals surface area contributed by atoms with Crippen molar-refractivity contribution in [3.8, 4) is 11.5 Å². The van der Waals surface area contributed by atoms with Crippen LogP contribution in [0.5, 0.6) is 11.5 Å². The third kappa shape index (κ3) is 4.10. The number of hydrogen-bond donors (Lipinski definition) is 3. The van der Waals surface area contributed by atoms with Crippen molar-refractivity contribution in [2.75, 3.05) is 17.2 Å². The number of allylic oxidation sites excluding steroid dienone is 1. The number of rotatable bonds is 4. The second-order valence-electron chi connectivity index (χ2n) is 8.47. The first-order chi connectivity index (χ1) is 16.5. The Morgan fingerprint density at radius 3 is 2.50 bits per heavy atom. The molecule has 0 spiro atoms. The van der Waals surface area contributed by atoms with E-state index in [2.05, 4.69) is 10.6 Å². The molecular formula is C27H24Cl2N2O3. The van der Waals surface area contributed by atoms with Crippen molar-refractivity contribution in [3.05, 3.63) is 93.1 Å². The van der Waals surface area contributed by atoms with Crippen molar-refractivity contribution in [1.29, 1.82) is 0 Å². The van der Waals surface area contributed by atoms with Gasteiger partial charge in [-0.25, -0.2) is 0 Å². The van der Waals surface area contributed by atoms with Gasteiger partial charge in [0, 0.05) is 22.7 Å². The molecule has 3 N–H and O–H groups in total. The number of anilines is 2. The fraction of sp³-hybridized carbons (Fsp3) is 0.222. The Bertz CT molecular complexity index is 1300. The molecule has 0 amide bonds. The lowest BCUT2D eigenvalue weighted by atomic mass is 9.78. The van der Waals surface area contributed by atoms with E-state index in [1.807, 2.05) is 55.5 Å². The maximum atomic E-state index is 13.7. The van der Waals surface area contributed by atoms with Crippen molar-refractivity contribution >= 4 is 40.4 Å². The molecule has 3 aromatic carbocycles. The van der Waals surface area contributed by atoms with Crippen LogP contribution >= 0.6 is 23.2 Å². The summed E-state index contributed by atoms with van der Waals surface area (Å²) in [5.41, 5.74) is 4.97. The van der Waals surface area contributed by atoms with Gasteiger partial charge in [0.1, 0.15) is 0 Å². The number of benzene rings is 3. The smallest absolute Gasteiger partial charge is 0.176 e. The maximum absolute atomic E-state index is 13.7. The molecule has 2 atom stereocenters. The lowest BCUT2D eigenvalue weighted by Crippen LogP contribution is -2.27. The van der Waals surface area contributed by atoms with Crippen molar-refractivity contribution in [3.63, 3.8) is 0 Å². The highest BCUT2D eigenvalue weighted by Crippen LogP contribution is 2.47. The summed E-state index contributed by atoms with van der Waals surface area (Å²) in [7, 11) is 0. The zero-order valence-electron chi connectivity index (χ0n) is 18.6. The molecule has 0 saturated carbocycles. The minimum atomic E-state index is -0.469. The van der Waals surface area contributed by atoms with Gasteiger partial charge in [-0.2, -0.15) is 0 Å². The Labute approximate surface area is 208 Å². The van der Waals surface area contributed by atoms with E-state index >= 15 is 0 Å². The Morgan fingerprint density at radius 1 is 1.00 bits per heavy atom. The van der Waals surface area contributed by atoms with E-state index in [0.29, 0.717) is 30.0 Å². The van der Waals surface area contributed by atoms with E-state index in [9.17, 15) is 9.90 Å². The van der Waals surface area contributed by atoms with Gasteiger partial charge in [0.2, 0.25) is 0 Å². The van der Waals surface area contributed by atoms with E-state index in [1.54, 1.807) is 12.1 Å². The normalized spacial score (nSPS) is 19.4. The molecule has 0 aromatic heterocycles. The Kier molecular flexibility index (Phi) is 6.15. The minimum Gasteiger partial charge on any atom is -0.503 e. The largest absolute Gasteiger partial charge is 0.503 e. The number of halogens is 2. The molecular weight excluding hydrogens is 471 g/mol. The number of fused-ring (bicyclic) bond motifs is 1. The number of Topliss-reactive ketones (excluding diaryl/α,β-unsaturated/α-hetero) is 1. The summed E-state index contributed by atoms with van der Waals surface area (Å²) < 4.78 is 5.61. The fourth-order valence-corrected chi connectivity index (χ4v) is 5.30. The van der Waals surface area contributed by atoms with E-state index < -0.39 is 6.04 Å². The van der Waals surface area contributed by atoms with Crippen LogP contribution in [-0.2, 0) is 4.79 Å². The second-order valence-corrected chi connectivity index (χ2v) is 9.29. The van der Waals surface area contributed by atoms with Gasteiger partial charge in [-0.05, 0) is 60.7 Å². The molecule has 34 heavy (non-hydrogen) atoms. The molecule has 174 valence electrons. The van der Waals surface area contributed by atoms with E-state index in [0.717, 1.165) is 28.2 Å². The summed E-state index contributed by atoms with van der Waals surface area (Å²) >= 11 is 12.8. The van der Waals surface area contributed by atoms with Crippen LogP contribution in [0.1, 0.15) is 42.9 Å². The summed E-state index contributed by atoms with van der Waals surface area (Å²) in [5.74, 6) is 0.186. The number of hydrogen-bond acceptors (Lipinski definition) is 5. The number of nitrogens with one attached hydrogen (secondary N) is 2. The Morgan fingerprint density at radius 2 is 1.74 bits per heavy atom. The van der Waals surface area contributed by atoms with Crippen LogP contribution in [-0.4, -0.2) is 17.5 Å². The molecule has 1 aliphatic carbocycles. The highest BCUT2D eigenvalue weighted by Gasteiger charge is 2.37. The molecule has 5 rings (SSSR count). The lowest BCUT2D eigenvalue weighted by Gasteiger charge is -2.30. The van der Waals surface area contributed by atoms with Crippen LogP contribution in [0, 0.1) is 0 Å². The first kappa shape index (κ1) is 22.6. The first-order valence-corrected chi connectivity index (χ1v) is 12.0. The number of ether oxygens (including phenoxy) is 1. The van der Waals surface area contributed by atoms with Crippen molar-refractivity contribution in [1.82, 2.24) is 0 Å². The van der Waals surface area contributed by atoms with Gasteiger partial charge >= 0.3 is 0 Å². The first-order valence-electron chi connectivity index (χ1n) is 11.2. The average molecular weight is 495 g/mol. The number of ketones is 1. The molecule has 1 aliphatic heterocycles. The van der Waals surface area contributed by atoms with Gasteiger partial charge < -0.3 is 20.5 Å². The number of carbonyl (C=O) groups is 1. The Hall–Kier alpha value is -3.15. The quantitative estimate of drug-likeness (QED) is 0.361. The van der Waals surface area contributed by atoms with Crippen LogP contribution < -0.4 is 15.4 Å². The Balaban J connectivity index is 1.64. The molecule has 0 radical (unpaired) electrons. The van der Waals surface area contributed by atoms with Crippen molar-refractivity contribution < 1.29 is 14.6 Å². The van der Waals surface area contributed by atoms with Crippen molar-refractivity contribution in [2.45, 2.75) is 31.7 Å². The van der Waals surface area contributed by atoms with E-state index in [4.69, 9.17) is 27.9 Å². The predicted molar refractivity (Wildman–Crippen MR) is 136 cm³/mol. The summed E-state index contributed by atoms with van der Waals surface area (Å²) in [6.07, 6.45) is 0.990. The fourth-order valence-electron chi connectivity index (χ4n) is 4.79. The lowest BCUT2D eigenvalue weighted by molar-refractivity contribution is -0.116.